The molecule has 3 aromatic rings. The number of carbonyl (C=O) groups excluding carboxylic acids is 1. The number of likely N-dealkylation sites (tertiary alicyclic amines) is 1. The van der Waals surface area contributed by atoms with Crippen molar-refractivity contribution in [2.24, 2.45) is 5.73 Å². The standard InChI is InChI=1S/C21H21ClN4O3S2/c1-25(31(28,29)19-11-15-16(22)6-3-7-18(15)30-19)17-8-9-26(21(17)27)12-13-4-2-5-14(10-13)20(23)24/h2-7,10-11,17H,8-9,12H2,1H3,(H3,23,24)/t17-/m0/s1. The number of sulfonamides is 1. The van der Waals surface area contributed by atoms with Crippen LogP contribution >= 0.6 is 22.9 Å². The fourth-order valence-corrected chi connectivity index (χ4v) is 6.94. The van der Waals surface area contributed by atoms with E-state index in [1.165, 1.54) is 11.4 Å². The number of carbonyl (C=O) groups is 1. The van der Waals surface area contributed by atoms with Gasteiger partial charge in [-0.2, -0.15) is 4.31 Å². The minimum Gasteiger partial charge on any atom is -0.384 e. The van der Waals surface area contributed by atoms with E-state index in [0.717, 1.165) is 21.6 Å². The second kappa shape index (κ2) is 8.23. The zero-order valence-corrected chi connectivity index (χ0v) is 19.1. The van der Waals surface area contributed by atoms with Crippen LogP contribution in [0.1, 0.15) is 17.5 Å². The largest absolute Gasteiger partial charge is 0.384 e. The summed E-state index contributed by atoms with van der Waals surface area (Å²) in [5.74, 6) is -0.278. The van der Waals surface area contributed by atoms with Crippen molar-refractivity contribution in [2.45, 2.75) is 23.2 Å². The molecule has 0 unspecified atom stereocenters. The second-order valence-corrected chi connectivity index (χ2v) is 11.1. The Hall–Kier alpha value is -2.46. The number of halogens is 1. The maximum Gasteiger partial charge on any atom is 0.253 e. The van der Waals surface area contributed by atoms with Crippen LogP contribution in [0.3, 0.4) is 0 Å². The van der Waals surface area contributed by atoms with Crippen molar-refractivity contribution < 1.29 is 13.2 Å². The number of amidine groups is 1. The molecule has 1 aromatic heterocycles. The first kappa shape index (κ1) is 21.8. The highest BCUT2D eigenvalue weighted by Gasteiger charge is 2.40. The Kier molecular flexibility index (Phi) is 5.78. The number of nitrogens with zero attached hydrogens (tertiary/aromatic N) is 2. The topological polar surface area (TPSA) is 108 Å². The van der Waals surface area contributed by atoms with E-state index < -0.39 is 16.1 Å². The molecule has 1 saturated heterocycles. The number of nitrogens with two attached hydrogens (primary N) is 1. The molecule has 7 nitrogen and oxygen atoms in total. The van der Waals surface area contributed by atoms with Crippen molar-refractivity contribution in [3.05, 3.63) is 64.7 Å². The van der Waals surface area contributed by atoms with E-state index in [-0.39, 0.29) is 16.0 Å². The van der Waals surface area contributed by atoms with Crippen LogP contribution in [0.25, 0.3) is 10.1 Å². The number of hydrogen-bond acceptors (Lipinski definition) is 5. The number of amides is 1. The summed E-state index contributed by atoms with van der Waals surface area (Å²) >= 11 is 7.34. The maximum absolute atomic E-state index is 13.2. The van der Waals surface area contributed by atoms with Crippen molar-refractivity contribution in [3.8, 4) is 0 Å². The lowest BCUT2D eigenvalue weighted by Gasteiger charge is -2.23. The number of rotatable bonds is 6. The average molecular weight is 477 g/mol. The quantitative estimate of drug-likeness (QED) is 0.420. The molecule has 2 heterocycles. The van der Waals surface area contributed by atoms with Crippen molar-refractivity contribution in [1.82, 2.24) is 9.21 Å². The number of fused-ring (bicyclic) bond motifs is 1. The molecule has 1 aliphatic heterocycles. The van der Waals surface area contributed by atoms with Crippen LogP contribution in [0, 0.1) is 5.41 Å². The molecule has 10 heteroatoms. The van der Waals surface area contributed by atoms with E-state index in [4.69, 9.17) is 22.7 Å². The number of thiophene rings is 1. The summed E-state index contributed by atoms with van der Waals surface area (Å²) in [4.78, 5) is 14.6. The van der Waals surface area contributed by atoms with Gasteiger partial charge in [0, 0.05) is 40.8 Å². The van der Waals surface area contributed by atoms with Gasteiger partial charge in [0.2, 0.25) is 5.91 Å². The van der Waals surface area contributed by atoms with E-state index in [9.17, 15) is 13.2 Å². The summed E-state index contributed by atoms with van der Waals surface area (Å²) in [5, 5.41) is 8.75. The Balaban J connectivity index is 1.54. The van der Waals surface area contributed by atoms with Gasteiger partial charge >= 0.3 is 0 Å². The lowest BCUT2D eigenvalue weighted by atomic mass is 10.1. The lowest BCUT2D eigenvalue weighted by molar-refractivity contribution is -0.131. The van der Waals surface area contributed by atoms with Crippen LogP contribution in [0.5, 0.6) is 0 Å². The van der Waals surface area contributed by atoms with Gasteiger partial charge in [-0.25, -0.2) is 8.42 Å². The lowest BCUT2D eigenvalue weighted by Crippen LogP contribution is -2.42. The minimum atomic E-state index is -3.85. The van der Waals surface area contributed by atoms with Gasteiger partial charge in [-0.05, 0) is 36.2 Å². The fraction of sp³-hybridized carbons (Fsp3) is 0.238. The number of hydrogen-bond donors (Lipinski definition) is 2. The highest BCUT2D eigenvalue weighted by Crippen LogP contribution is 2.35. The Morgan fingerprint density at radius 3 is 2.74 bits per heavy atom. The summed E-state index contributed by atoms with van der Waals surface area (Å²) in [6.07, 6.45) is 0.409. The van der Waals surface area contributed by atoms with E-state index in [0.29, 0.717) is 35.5 Å². The molecular weight excluding hydrogens is 456 g/mol. The van der Waals surface area contributed by atoms with Crippen LogP contribution in [0.15, 0.2) is 52.7 Å². The normalized spacial score (nSPS) is 17.1. The fourth-order valence-electron chi connectivity index (χ4n) is 3.71. The molecule has 2 aromatic carbocycles. The molecule has 162 valence electrons. The number of benzene rings is 2. The second-order valence-electron chi connectivity index (χ2n) is 7.42. The SMILES string of the molecule is CN([C@H]1CCN(Cc2cccc(C(=N)N)c2)C1=O)S(=O)(=O)c1cc2c(Cl)cccc2s1. The van der Waals surface area contributed by atoms with Crippen LogP contribution < -0.4 is 5.73 Å². The van der Waals surface area contributed by atoms with E-state index in [1.807, 2.05) is 12.1 Å². The third-order valence-electron chi connectivity index (χ3n) is 5.44. The molecule has 1 fully saturated rings. The summed E-state index contributed by atoms with van der Waals surface area (Å²) < 4.78 is 28.5. The molecule has 1 aliphatic rings. The molecule has 0 radical (unpaired) electrons. The third kappa shape index (κ3) is 4.06. The highest BCUT2D eigenvalue weighted by atomic mass is 35.5. The average Bonchev–Trinajstić information content (AvgIpc) is 3.33. The molecule has 0 saturated carbocycles. The molecule has 0 spiro atoms. The van der Waals surface area contributed by atoms with Gasteiger partial charge in [0.05, 0.1) is 0 Å². The first-order chi connectivity index (χ1) is 14.7. The Labute approximate surface area is 189 Å². The van der Waals surface area contributed by atoms with Gasteiger partial charge in [-0.3, -0.25) is 10.2 Å². The van der Waals surface area contributed by atoms with Gasteiger partial charge in [0.1, 0.15) is 16.1 Å². The summed E-state index contributed by atoms with van der Waals surface area (Å²) in [7, 11) is -2.40. The predicted octanol–water partition coefficient (Wildman–Crippen LogP) is 3.26. The zero-order valence-electron chi connectivity index (χ0n) is 16.7. The molecule has 1 atom stereocenters. The number of likely N-dealkylation sites (N-methyl/N-ethyl adjacent to an activating group) is 1. The summed E-state index contributed by atoms with van der Waals surface area (Å²) in [6, 6.07) is 13.3. The smallest absolute Gasteiger partial charge is 0.253 e. The van der Waals surface area contributed by atoms with E-state index in [1.54, 1.807) is 41.3 Å². The van der Waals surface area contributed by atoms with Crippen LogP contribution in [0.4, 0.5) is 0 Å². The minimum absolute atomic E-state index is 0.0401. The Bertz CT molecular complexity index is 1290. The van der Waals surface area contributed by atoms with Gasteiger partial charge in [0.25, 0.3) is 10.0 Å². The summed E-state index contributed by atoms with van der Waals surface area (Å²) in [6.45, 7) is 0.786. The molecule has 31 heavy (non-hydrogen) atoms. The van der Waals surface area contributed by atoms with Gasteiger partial charge in [0.15, 0.2) is 0 Å². The van der Waals surface area contributed by atoms with Gasteiger partial charge in [-0.1, -0.05) is 35.9 Å². The number of nitrogen functional groups attached to an aromatic ring is 1. The third-order valence-corrected chi connectivity index (χ3v) is 9.18. The van der Waals surface area contributed by atoms with E-state index in [2.05, 4.69) is 0 Å². The number of nitrogens with one attached hydrogen (secondary N) is 1. The summed E-state index contributed by atoms with van der Waals surface area (Å²) in [5.41, 5.74) is 6.97. The van der Waals surface area contributed by atoms with Crippen LogP contribution in [-0.4, -0.2) is 49.0 Å². The molecule has 3 N–H and O–H groups in total. The zero-order chi connectivity index (χ0) is 22.3. The van der Waals surface area contributed by atoms with Crippen molar-refractivity contribution in [1.29, 1.82) is 5.41 Å². The van der Waals surface area contributed by atoms with Crippen molar-refractivity contribution in [2.75, 3.05) is 13.6 Å². The first-order valence-electron chi connectivity index (χ1n) is 9.56. The first-order valence-corrected chi connectivity index (χ1v) is 12.2. The van der Waals surface area contributed by atoms with Crippen molar-refractivity contribution >= 4 is 54.8 Å². The molecule has 1 amide bonds. The molecular formula is C21H21ClN4O3S2. The van der Waals surface area contributed by atoms with Crippen LogP contribution in [0.2, 0.25) is 5.02 Å². The maximum atomic E-state index is 13.2. The monoisotopic (exact) mass is 476 g/mol. The van der Waals surface area contributed by atoms with Crippen LogP contribution in [-0.2, 0) is 21.4 Å². The van der Waals surface area contributed by atoms with Gasteiger partial charge in [-0.15, -0.1) is 11.3 Å². The molecule has 0 bridgehead atoms. The predicted molar refractivity (Wildman–Crippen MR) is 123 cm³/mol. The highest BCUT2D eigenvalue weighted by molar-refractivity contribution is 7.91. The van der Waals surface area contributed by atoms with Crippen molar-refractivity contribution in [3.63, 3.8) is 0 Å². The Morgan fingerprint density at radius 2 is 2.03 bits per heavy atom. The Morgan fingerprint density at radius 1 is 1.29 bits per heavy atom. The van der Waals surface area contributed by atoms with Gasteiger partial charge < -0.3 is 10.6 Å². The molecule has 0 aliphatic carbocycles. The molecule has 4 rings (SSSR count). The van der Waals surface area contributed by atoms with E-state index >= 15 is 0 Å².